The van der Waals surface area contributed by atoms with E-state index in [4.69, 9.17) is 0 Å². The number of halogens is 1. The summed E-state index contributed by atoms with van der Waals surface area (Å²) in [7, 11) is 0. The van der Waals surface area contributed by atoms with Crippen molar-refractivity contribution in [2.24, 2.45) is 0 Å². The maximum absolute atomic E-state index is 13.2. The molecule has 1 aliphatic rings. The van der Waals surface area contributed by atoms with Crippen molar-refractivity contribution in [2.45, 2.75) is 0 Å². The summed E-state index contributed by atoms with van der Waals surface area (Å²) >= 11 is 0. The third kappa shape index (κ3) is 3.36. The van der Waals surface area contributed by atoms with Crippen molar-refractivity contribution >= 4 is 17.2 Å². The molecule has 0 amide bonds. The number of hydrogen-bond donors (Lipinski definition) is 0. The van der Waals surface area contributed by atoms with Crippen molar-refractivity contribution in [3.05, 3.63) is 125 Å². The SMILES string of the molecule is Fc1ccc(/C=C2\C=C(c3ccccc3)C=C2c2ccccc2)cc1. The van der Waals surface area contributed by atoms with Gasteiger partial charge in [-0.1, -0.05) is 72.8 Å². The first kappa shape index (κ1) is 15.3. The monoisotopic (exact) mass is 324 g/mol. The van der Waals surface area contributed by atoms with E-state index in [2.05, 4.69) is 42.5 Å². The highest BCUT2D eigenvalue weighted by Gasteiger charge is 2.15. The molecule has 0 spiro atoms. The van der Waals surface area contributed by atoms with Gasteiger partial charge in [-0.25, -0.2) is 4.39 Å². The van der Waals surface area contributed by atoms with Crippen molar-refractivity contribution in [3.8, 4) is 0 Å². The predicted molar refractivity (Wildman–Crippen MR) is 103 cm³/mol. The van der Waals surface area contributed by atoms with E-state index in [1.54, 1.807) is 12.1 Å². The zero-order chi connectivity index (χ0) is 17.1. The van der Waals surface area contributed by atoms with Gasteiger partial charge in [0.15, 0.2) is 0 Å². The molecule has 25 heavy (non-hydrogen) atoms. The summed E-state index contributed by atoms with van der Waals surface area (Å²) in [5.74, 6) is -0.215. The average Bonchev–Trinajstić information content (AvgIpc) is 3.09. The number of rotatable bonds is 3. The van der Waals surface area contributed by atoms with Crippen LogP contribution in [0.3, 0.4) is 0 Å². The van der Waals surface area contributed by atoms with Crippen LogP contribution in [0.15, 0.2) is 103 Å². The Morgan fingerprint density at radius 1 is 0.600 bits per heavy atom. The van der Waals surface area contributed by atoms with E-state index in [0.29, 0.717) is 0 Å². The summed E-state index contributed by atoms with van der Waals surface area (Å²) in [6.07, 6.45) is 6.52. The van der Waals surface area contributed by atoms with E-state index in [9.17, 15) is 4.39 Å². The zero-order valence-electron chi connectivity index (χ0n) is 13.7. The van der Waals surface area contributed by atoms with E-state index in [1.165, 1.54) is 34.4 Å². The molecule has 0 atom stereocenters. The summed E-state index contributed by atoms with van der Waals surface area (Å²) in [6.45, 7) is 0. The largest absolute Gasteiger partial charge is 0.207 e. The van der Waals surface area contributed by atoms with Gasteiger partial charge in [0.2, 0.25) is 0 Å². The Labute approximate surface area is 147 Å². The van der Waals surface area contributed by atoms with Crippen molar-refractivity contribution in [2.75, 3.05) is 0 Å². The Morgan fingerprint density at radius 3 is 1.84 bits per heavy atom. The highest BCUT2D eigenvalue weighted by molar-refractivity contribution is 6.02. The van der Waals surface area contributed by atoms with Crippen molar-refractivity contribution in [1.82, 2.24) is 0 Å². The Hall–Kier alpha value is -3.19. The highest BCUT2D eigenvalue weighted by atomic mass is 19.1. The van der Waals surface area contributed by atoms with Gasteiger partial charge in [-0.2, -0.15) is 0 Å². The Morgan fingerprint density at radius 2 is 1.20 bits per heavy atom. The molecule has 0 saturated heterocycles. The minimum Gasteiger partial charge on any atom is -0.207 e. The van der Waals surface area contributed by atoms with E-state index in [-0.39, 0.29) is 5.82 Å². The van der Waals surface area contributed by atoms with Crippen molar-refractivity contribution in [3.63, 3.8) is 0 Å². The maximum Gasteiger partial charge on any atom is 0.123 e. The lowest BCUT2D eigenvalue weighted by Crippen LogP contribution is -1.84. The van der Waals surface area contributed by atoms with Crippen LogP contribution in [0.5, 0.6) is 0 Å². The molecule has 3 aromatic carbocycles. The molecule has 4 rings (SSSR count). The van der Waals surface area contributed by atoms with Gasteiger partial charge in [0, 0.05) is 0 Å². The molecule has 0 radical (unpaired) electrons. The van der Waals surface area contributed by atoms with Crippen LogP contribution in [-0.4, -0.2) is 0 Å². The molecule has 120 valence electrons. The standard InChI is InChI=1S/C24H17F/c25-23-13-11-18(12-14-23)15-22-16-21(19-7-3-1-4-8-19)17-24(22)20-9-5-2-6-10-20/h1-17H/b22-15+. The number of hydrogen-bond acceptors (Lipinski definition) is 0. The third-order valence-electron chi connectivity index (χ3n) is 4.31. The second kappa shape index (κ2) is 6.74. The quantitative estimate of drug-likeness (QED) is 0.523. The Kier molecular flexibility index (Phi) is 4.14. The molecule has 0 aromatic heterocycles. The molecular formula is C24H17F. The summed E-state index contributed by atoms with van der Waals surface area (Å²) in [6, 6.07) is 27.3. The second-order valence-electron chi connectivity index (χ2n) is 6.04. The molecular weight excluding hydrogens is 307 g/mol. The first-order valence-corrected chi connectivity index (χ1v) is 8.31. The molecule has 0 bridgehead atoms. The number of benzene rings is 3. The summed E-state index contributed by atoms with van der Waals surface area (Å²) in [5, 5.41) is 0. The first-order chi connectivity index (χ1) is 12.3. The van der Waals surface area contributed by atoms with Crippen LogP contribution in [0, 0.1) is 5.82 Å². The van der Waals surface area contributed by atoms with Gasteiger partial charge < -0.3 is 0 Å². The van der Waals surface area contributed by atoms with Crippen LogP contribution in [0.4, 0.5) is 4.39 Å². The summed E-state index contributed by atoms with van der Waals surface area (Å²) in [5.41, 5.74) is 6.87. The lowest BCUT2D eigenvalue weighted by atomic mass is 9.99. The lowest BCUT2D eigenvalue weighted by Gasteiger charge is -2.05. The molecule has 0 aliphatic heterocycles. The van der Waals surface area contributed by atoms with Crippen LogP contribution in [0.25, 0.3) is 17.2 Å². The third-order valence-corrected chi connectivity index (χ3v) is 4.31. The molecule has 3 aromatic rings. The fourth-order valence-corrected chi connectivity index (χ4v) is 3.05. The van der Waals surface area contributed by atoms with Crippen molar-refractivity contribution in [1.29, 1.82) is 0 Å². The van der Waals surface area contributed by atoms with Gasteiger partial charge >= 0.3 is 0 Å². The van der Waals surface area contributed by atoms with Gasteiger partial charge in [-0.3, -0.25) is 0 Å². The zero-order valence-corrected chi connectivity index (χ0v) is 13.7. The second-order valence-corrected chi connectivity index (χ2v) is 6.04. The first-order valence-electron chi connectivity index (χ1n) is 8.31. The van der Waals surface area contributed by atoms with Crippen LogP contribution < -0.4 is 0 Å². The molecule has 0 N–H and O–H groups in total. The smallest absolute Gasteiger partial charge is 0.123 e. The predicted octanol–water partition coefficient (Wildman–Crippen LogP) is 6.39. The van der Waals surface area contributed by atoms with Crippen molar-refractivity contribution < 1.29 is 4.39 Å². The molecule has 0 unspecified atom stereocenters. The summed E-state index contributed by atoms with van der Waals surface area (Å²) in [4.78, 5) is 0. The van der Waals surface area contributed by atoms with E-state index in [0.717, 1.165) is 11.1 Å². The molecule has 0 fully saturated rings. The fourth-order valence-electron chi connectivity index (χ4n) is 3.05. The molecule has 0 heterocycles. The van der Waals surface area contributed by atoms with Gasteiger partial charge in [0.1, 0.15) is 5.82 Å². The van der Waals surface area contributed by atoms with Gasteiger partial charge in [0.05, 0.1) is 0 Å². The molecule has 1 heteroatoms. The average molecular weight is 324 g/mol. The molecule has 1 aliphatic carbocycles. The molecule has 0 nitrogen and oxygen atoms in total. The maximum atomic E-state index is 13.2. The van der Waals surface area contributed by atoms with E-state index < -0.39 is 0 Å². The minimum atomic E-state index is -0.215. The van der Waals surface area contributed by atoms with E-state index >= 15 is 0 Å². The van der Waals surface area contributed by atoms with Crippen LogP contribution in [0.2, 0.25) is 0 Å². The fraction of sp³-hybridized carbons (Fsp3) is 0. The molecule has 0 saturated carbocycles. The van der Waals surface area contributed by atoms with E-state index in [1.807, 2.05) is 36.4 Å². The lowest BCUT2D eigenvalue weighted by molar-refractivity contribution is 0.628. The van der Waals surface area contributed by atoms with Gasteiger partial charge in [0.25, 0.3) is 0 Å². The Bertz CT molecular complexity index is 960. The highest BCUT2D eigenvalue weighted by Crippen LogP contribution is 2.37. The normalized spacial score (nSPS) is 15.2. The minimum absolute atomic E-state index is 0.215. The topological polar surface area (TPSA) is 0 Å². The van der Waals surface area contributed by atoms with Crippen LogP contribution in [0.1, 0.15) is 16.7 Å². The van der Waals surface area contributed by atoms with Crippen LogP contribution >= 0.6 is 0 Å². The van der Waals surface area contributed by atoms with Gasteiger partial charge in [-0.05, 0) is 63.8 Å². The Balaban J connectivity index is 1.80. The number of allylic oxidation sites excluding steroid dienone is 5. The summed E-state index contributed by atoms with van der Waals surface area (Å²) < 4.78 is 13.2. The van der Waals surface area contributed by atoms with Gasteiger partial charge in [-0.15, -0.1) is 0 Å². The van der Waals surface area contributed by atoms with Crippen LogP contribution in [-0.2, 0) is 0 Å².